The molecule has 1 saturated heterocycles. The van der Waals surface area contributed by atoms with E-state index < -0.39 is 35.9 Å². The number of ether oxygens (including phenoxy) is 1. The summed E-state index contributed by atoms with van der Waals surface area (Å²) in [4.78, 5) is 23.7. The highest BCUT2D eigenvalue weighted by molar-refractivity contribution is 5.68. The van der Waals surface area contributed by atoms with Crippen molar-refractivity contribution >= 4 is 12.1 Å². The molecule has 0 saturated carbocycles. The van der Waals surface area contributed by atoms with Crippen molar-refractivity contribution in [3.63, 3.8) is 0 Å². The molecule has 1 fully saturated rings. The second kappa shape index (κ2) is 6.58. The molecule has 1 aliphatic rings. The molecule has 21 heavy (non-hydrogen) atoms. The lowest BCUT2D eigenvalue weighted by Gasteiger charge is -2.26. The van der Waals surface area contributed by atoms with E-state index in [4.69, 9.17) is 9.84 Å². The number of likely N-dealkylation sites (tertiary alicyclic amines) is 1. The third kappa shape index (κ3) is 5.85. The Morgan fingerprint density at radius 2 is 1.95 bits per heavy atom. The van der Waals surface area contributed by atoms with Crippen LogP contribution in [0.25, 0.3) is 0 Å². The Labute approximate surface area is 123 Å². The maximum atomic E-state index is 14.0. The Kier molecular flexibility index (Phi) is 5.53. The zero-order valence-corrected chi connectivity index (χ0v) is 12.7. The molecule has 1 atom stereocenters. The number of hydrogen-bond donors (Lipinski definition) is 1. The zero-order valence-electron chi connectivity index (χ0n) is 12.7. The Morgan fingerprint density at radius 3 is 2.48 bits per heavy atom. The quantitative estimate of drug-likeness (QED) is 0.870. The summed E-state index contributed by atoms with van der Waals surface area (Å²) in [7, 11) is 0. The highest BCUT2D eigenvalue weighted by atomic mass is 19.3. The maximum Gasteiger partial charge on any atom is 0.410 e. The van der Waals surface area contributed by atoms with Crippen LogP contribution in [0.4, 0.5) is 13.6 Å². The SMILES string of the molecule is CC(C)(C)OC(=O)N1CCC(CCC(=O)O)C(F)(F)CC1. The van der Waals surface area contributed by atoms with Gasteiger partial charge in [-0.15, -0.1) is 0 Å². The van der Waals surface area contributed by atoms with Gasteiger partial charge in [-0.25, -0.2) is 13.6 Å². The zero-order chi connectivity index (χ0) is 16.3. The molecule has 1 N–H and O–H groups in total. The fourth-order valence-electron chi connectivity index (χ4n) is 2.29. The highest BCUT2D eigenvalue weighted by Gasteiger charge is 2.42. The van der Waals surface area contributed by atoms with E-state index in [1.807, 2.05) is 0 Å². The summed E-state index contributed by atoms with van der Waals surface area (Å²) in [6, 6.07) is 0. The number of carbonyl (C=O) groups excluding carboxylic acids is 1. The van der Waals surface area contributed by atoms with Gasteiger partial charge in [0.2, 0.25) is 0 Å². The van der Waals surface area contributed by atoms with Crippen LogP contribution in [0, 0.1) is 5.92 Å². The molecule has 0 bridgehead atoms. The normalized spacial score (nSPS) is 22.5. The minimum Gasteiger partial charge on any atom is -0.481 e. The van der Waals surface area contributed by atoms with Crippen molar-refractivity contribution in [3.05, 3.63) is 0 Å². The van der Waals surface area contributed by atoms with Crippen LogP contribution in [0.15, 0.2) is 0 Å². The molecule has 0 aromatic heterocycles. The van der Waals surface area contributed by atoms with Crippen molar-refractivity contribution in [2.24, 2.45) is 5.92 Å². The standard InChI is InChI=1S/C14H23F2NO4/c1-13(2,3)21-12(20)17-8-6-10(4-5-11(18)19)14(15,16)7-9-17/h10H,4-9H2,1-3H3,(H,18,19). The van der Waals surface area contributed by atoms with Gasteiger partial charge >= 0.3 is 12.1 Å². The van der Waals surface area contributed by atoms with Crippen molar-refractivity contribution in [1.29, 1.82) is 0 Å². The lowest BCUT2D eigenvalue weighted by molar-refractivity contribution is -0.138. The van der Waals surface area contributed by atoms with E-state index in [1.165, 1.54) is 4.90 Å². The number of carboxylic acids is 1. The molecule has 7 heteroatoms. The first-order valence-corrected chi connectivity index (χ1v) is 7.09. The maximum absolute atomic E-state index is 14.0. The topological polar surface area (TPSA) is 66.8 Å². The summed E-state index contributed by atoms with van der Waals surface area (Å²) in [6.07, 6.45) is -1.34. The van der Waals surface area contributed by atoms with E-state index in [0.29, 0.717) is 0 Å². The summed E-state index contributed by atoms with van der Waals surface area (Å²) < 4.78 is 33.1. The average Bonchev–Trinajstić information content (AvgIpc) is 2.43. The summed E-state index contributed by atoms with van der Waals surface area (Å²) in [5.74, 6) is -5.05. The molecule has 0 aliphatic carbocycles. The molecular formula is C14H23F2NO4. The number of carbonyl (C=O) groups is 2. The molecule has 0 radical (unpaired) electrons. The fourth-order valence-corrected chi connectivity index (χ4v) is 2.29. The van der Waals surface area contributed by atoms with Gasteiger partial charge in [0.05, 0.1) is 0 Å². The number of amides is 1. The van der Waals surface area contributed by atoms with E-state index >= 15 is 0 Å². The van der Waals surface area contributed by atoms with Crippen molar-refractivity contribution in [2.75, 3.05) is 13.1 Å². The van der Waals surface area contributed by atoms with E-state index in [-0.39, 0.29) is 32.4 Å². The van der Waals surface area contributed by atoms with Crippen LogP contribution < -0.4 is 0 Å². The van der Waals surface area contributed by atoms with Crippen LogP contribution in [0.2, 0.25) is 0 Å². The fraction of sp³-hybridized carbons (Fsp3) is 0.857. The number of nitrogens with zero attached hydrogens (tertiary/aromatic N) is 1. The average molecular weight is 307 g/mol. The van der Waals surface area contributed by atoms with Crippen molar-refractivity contribution in [1.82, 2.24) is 4.90 Å². The van der Waals surface area contributed by atoms with Gasteiger partial charge in [-0.1, -0.05) is 0 Å². The molecule has 1 unspecified atom stereocenters. The van der Waals surface area contributed by atoms with Crippen LogP contribution in [-0.2, 0) is 9.53 Å². The second-order valence-electron chi connectivity index (χ2n) is 6.40. The molecule has 122 valence electrons. The predicted octanol–water partition coefficient (Wildman–Crippen LogP) is 3.13. The van der Waals surface area contributed by atoms with Crippen LogP contribution >= 0.6 is 0 Å². The Hall–Kier alpha value is -1.40. The molecule has 1 rings (SSSR count). The number of hydrogen-bond acceptors (Lipinski definition) is 3. The molecule has 0 spiro atoms. The number of alkyl halides is 2. The third-order valence-corrected chi connectivity index (χ3v) is 3.42. The summed E-state index contributed by atoms with van der Waals surface area (Å²) in [5.41, 5.74) is -0.672. The van der Waals surface area contributed by atoms with Crippen LogP contribution in [-0.4, -0.2) is 46.7 Å². The van der Waals surface area contributed by atoms with Gasteiger partial charge in [0.15, 0.2) is 0 Å². The van der Waals surface area contributed by atoms with E-state index in [1.54, 1.807) is 20.8 Å². The minimum atomic E-state index is -2.95. The first-order valence-electron chi connectivity index (χ1n) is 7.09. The molecule has 5 nitrogen and oxygen atoms in total. The summed E-state index contributed by atoms with van der Waals surface area (Å²) in [6.45, 7) is 5.23. The molecule has 1 amide bonds. The van der Waals surface area contributed by atoms with Gasteiger partial charge in [-0.3, -0.25) is 4.79 Å². The molecule has 0 aromatic carbocycles. The number of halogens is 2. The van der Waals surface area contributed by atoms with Gasteiger partial charge in [-0.05, 0) is 33.6 Å². The molecule has 1 heterocycles. The summed E-state index contributed by atoms with van der Waals surface area (Å²) >= 11 is 0. The lowest BCUT2D eigenvalue weighted by atomic mass is 9.91. The predicted molar refractivity (Wildman–Crippen MR) is 72.3 cm³/mol. The molecular weight excluding hydrogens is 284 g/mol. The molecule has 1 aliphatic heterocycles. The first-order chi connectivity index (χ1) is 9.51. The van der Waals surface area contributed by atoms with E-state index in [9.17, 15) is 18.4 Å². The van der Waals surface area contributed by atoms with Crippen LogP contribution in [0.5, 0.6) is 0 Å². The van der Waals surface area contributed by atoms with Gasteiger partial charge in [0, 0.05) is 31.8 Å². The van der Waals surface area contributed by atoms with Gasteiger partial charge in [0.25, 0.3) is 5.92 Å². The number of carboxylic acid groups (broad SMARTS) is 1. The van der Waals surface area contributed by atoms with Gasteiger partial charge in [0.1, 0.15) is 5.60 Å². The Morgan fingerprint density at radius 1 is 1.33 bits per heavy atom. The van der Waals surface area contributed by atoms with E-state index in [2.05, 4.69) is 0 Å². The van der Waals surface area contributed by atoms with E-state index in [0.717, 1.165) is 0 Å². The second-order valence-corrected chi connectivity index (χ2v) is 6.40. The van der Waals surface area contributed by atoms with Crippen molar-refractivity contribution in [3.8, 4) is 0 Å². The van der Waals surface area contributed by atoms with Gasteiger partial charge < -0.3 is 14.7 Å². The Bertz CT molecular complexity index is 393. The first kappa shape index (κ1) is 17.7. The largest absolute Gasteiger partial charge is 0.481 e. The third-order valence-electron chi connectivity index (χ3n) is 3.42. The van der Waals surface area contributed by atoms with Gasteiger partial charge in [-0.2, -0.15) is 0 Å². The van der Waals surface area contributed by atoms with Crippen molar-refractivity contribution < 1.29 is 28.2 Å². The number of rotatable bonds is 3. The smallest absolute Gasteiger partial charge is 0.410 e. The lowest BCUT2D eigenvalue weighted by Crippen LogP contribution is -2.37. The monoisotopic (exact) mass is 307 g/mol. The van der Waals surface area contributed by atoms with Crippen LogP contribution in [0.3, 0.4) is 0 Å². The Balaban J connectivity index is 2.65. The van der Waals surface area contributed by atoms with Crippen LogP contribution in [0.1, 0.15) is 46.5 Å². The highest BCUT2D eigenvalue weighted by Crippen LogP contribution is 2.36. The number of aliphatic carboxylic acids is 1. The van der Waals surface area contributed by atoms with Crippen molar-refractivity contribution in [2.45, 2.75) is 58.0 Å². The summed E-state index contributed by atoms with van der Waals surface area (Å²) in [5, 5.41) is 8.62. The molecule has 0 aromatic rings. The minimum absolute atomic E-state index is 0.0779.